The summed E-state index contributed by atoms with van der Waals surface area (Å²) < 4.78 is 12.3. The van der Waals surface area contributed by atoms with E-state index < -0.39 is 6.10 Å². The summed E-state index contributed by atoms with van der Waals surface area (Å²) in [4.78, 5) is 0. The first-order chi connectivity index (χ1) is 9.67. The van der Waals surface area contributed by atoms with Gasteiger partial charge in [-0.3, -0.25) is 4.68 Å². The summed E-state index contributed by atoms with van der Waals surface area (Å²) in [6, 6.07) is 9.12. The largest absolute Gasteiger partial charge is 0.497 e. The number of hydrogen-bond acceptors (Lipinski definition) is 5. The van der Waals surface area contributed by atoms with E-state index in [2.05, 4.69) is 10.4 Å². The molecule has 1 unspecified atom stereocenters. The molecule has 0 spiro atoms. The molecular weight excluding hydrogens is 258 g/mol. The van der Waals surface area contributed by atoms with Crippen molar-refractivity contribution in [2.75, 3.05) is 25.6 Å². The normalized spacial score (nSPS) is 11.9. The fourth-order valence-corrected chi connectivity index (χ4v) is 1.67. The molecule has 6 nitrogen and oxygen atoms in total. The van der Waals surface area contributed by atoms with Gasteiger partial charge in [-0.15, -0.1) is 0 Å². The second-order valence-corrected chi connectivity index (χ2v) is 4.40. The summed E-state index contributed by atoms with van der Waals surface area (Å²) >= 11 is 0. The molecule has 0 bridgehead atoms. The number of nitrogens with one attached hydrogen (secondary N) is 1. The second-order valence-electron chi connectivity index (χ2n) is 4.40. The minimum absolute atomic E-state index is 0.201. The summed E-state index contributed by atoms with van der Waals surface area (Å²) in [5.74, 6) is 2.12. The van der Waals surface area contributed by atoms with Crippen LogP contribution in [0.15, 0.2) is 36.5 Å². The maximum Gasteiger partial charge on any atom is 0.148 e. The standard InChI is InChI=1S/C14H19N3O3/c1-17-7-6-14(16-17)15-9-11(18)10-20-13-5-3-4-12(8-13)19-2/h3-8,11,18H,9-10H2,1-2H3,(H,15,16). The third-order valence-electron chi connectivity index (χ3n) is 2.72. The molecule has 0 amide bonds. The number of aliphatic hydroxyl groups is 1. The number of nitrogens with zero attached hydrogens (tertiary/aromatic N) is 2. The predicted molar refractivity (Wildman–Crippen MR) is 76.2 cm³/mol. The van der Waals surface area contributed by atoms with Crippen molar-refractivity contribution in [1.29, 1.82) is 0 Å². The van der Waals surface area contributed by atoms with Gasteiger partial charge in [0.15, 0.2) is 0 Å². The molecule has 2 N–H and O–H groups in total. The Bertz CT molecular complexity index is 542. The number of rotatable bonds is 7. The fraction of sp³-hybridized carbons (Fsp3) is 0.357. The van der Waals surface area contributed by atoms with Gasteiger partial charge < -0.3 is 19.9 Å². The lowest BCUT2D eigenvalue weighted by Gasteiger charge is -2.13. The number of aryl methyl sites for hydroxylation is 1. The Morgan fingerprint density at radius 1 is 1.35 bits per heavy atom. The number of aliphatic hydroxyl groups excluding tert-OH is 1. The van der Waals surface area contributed by atoms with Crippen molar-refractivity contribution in [3.05, 3.63) is 36.5 Å². The van der Waals surface area contributed by atoms with Gasteiger partial charge in [0.1, 0.15) is 30.0 Å². The van der Waals surface area contributed by atoms with Crippen LogP contribution in [0.25, 0.3) is 0 Å². The zero-order chi connectivity index (χ0) is 14.4. The van der Waals surface area contributed by atoms with E-state index in [0.717, 1.165) is 11.6 Å². The summed E-state index contributed by atoms with van der Waals surface area (Å²) in [6.45, 7) is 0.577. The van der Waals surface area contributed by atoms with Crippen molar-refractivity contribution in [3.63, 3.8) is 0 Å². The summed E-state index contributed by atoms with van der Waals surface area (Å²) in [5.41, 5.74) is 0. The monoisotopic (exact) mass is 277 g/mol. The molecule has 0 aliphatic heterocycles. The Hall–Kier alpha value is -2.21. The van der Waals surface area contributed by atoms with Crippen LogP contribution in [0.4, 0.5) is 5.82 Å². The number of ether oxygens (including phenoxy) is 2. The molecule has 0 radical (unpaired) electrons. The molecule has 1 atom stereocenters. The average molecular weight is 277 g/mol. The number of hydrogen-bond donors (Lipinski definition) is 2. The van der Waals surface area contributed by atoms with Crippen molar-refractivity contribution in [1.82, 2.24) is 9.78 Å². The Labute approximate surface area is 117 Å². The van der Waals surface area contributed by atoms with Crippen molar-refractivity contribution < 1.29 is 14.6 Å². The number of anilines is 1. The van der Waals surface area contributed by atoms with Crippen LogP contribution in [-0.4, -0.2) is 41.3 Å². The van der Waals surface area contributed by atoms with Crippen molar-refractivity contribution in [2.45, 2.75) is 6.10 Å². The molecule has 0 aliphatic rings. The lowest BCUT2D eigenvalue weighted by Crippen LogP contribution is -2.26. The highest BCUT2D eigenvalue weighted by Crippen LogP contribution is 2.18. The van der Waals surface area contributed by atoms with Crippen molar-refractivity contribution in [2.24, 2.45) is 7.05 Å². The van der Waals surface area contributed by atoms with E-state index in [1.165, 1.54) is 0 Å². The molecule has 2 rings (SSSR count). The first kappa shape index (κ1) is 14.2. The molecular formula is C14H19N3O3. The number of methoxy groups -OCH3 is 1. The minimum Gasteiger partial charge on any atom is -0.497 e. The number of aromatic nitrogens is 2. The van der Waals surface area contributed by atoms with E-state index in [-0.39, 0.29) is 6.61 Å². The predicted octanol–water partition coefficient (Wildman–Crippen LogP) is 1.28. The van der Waals surface area contributed by atoms with Crippen LogP contribution in [-0.2, 0) is 7.05 Å². The van der Waals surface area contributed by atoms with E-state index in [1.807, 2.05) is 37.5 Å². The lowest BCUT2D eigenvalue weighted by molar-refractivity contribution is 0.117. The smallest absolute Gasteiger partial charge is 0.148 e. The van der Waals surface area contributed by atoms with E-state index in [4.69, 9.17) is 9.47 Å². The quantitative estimate of drug-likeness (QED) is 0.798. The molecule has 1 aromatic carbocycles. The molecule has 20 heavy (non-hydrogen) atoms. The Morgan fingerprint density at radius 2 is 2.15 bits per heavy atom. The molecule has 0 aliphatic carbocycles. The van der Waals surface area contributed by atoms with Gasteiger partial charge in [0.25, 0.3) is 0 Å². The van der Waals surface area contributed by atoms with Crippen LogP contribution in [0.1, 0.15) is 0 Å². The molecule has 1 heterocycles. The third kappa shape index (κ3) is 4.17. The molecule has 1 aromatic heterocycles. The molecule has 2 aromatic rings. The summed E-state index contributed by atoms with van der Waals surface area (Å²) in [5, 5.41) is 17.0. The SMILES string of the molecule is COc1cccc(OCC(O)CNc2ccn(C)n2)c1. The Morgan fingerprint density at radius 3 is 2.85 bits per heavy atom. The molecule has 0 fully saturated rings. The van der Waals surface area contributed by atoms with Crippen LogP contribution in [0.3, 0.4) is 0 Å². The summed E-state index contributed by atoms with van der Waals surface area (Å²) in [6.07, 6.45) is 1.21. The molecule has 108 valence electrons. The van der Waals surface area contributed by atoms with E-state index in [1.54, 1.807) is 17.9 Å². The van der Waals surface area contributed by atoms with Gasteiger partial charge in [0.2, 0.25) is 0 Å². The third-order valence-corrected chi connectivity index (χ3v) is 2.72. The van der Waals surface area contributed by atoms with Gasteiger partial charge in [0, 0.05) is 31.9 Å². The second kappa shape index (κ2) is 6.81. The first-order valence-corrected chi connectivity index (χ1v) is 6.36. The van der Waals surface area contributed by atoms with E-state index >= 15 is 0 Å². The highest BCUT2D eigenvalue weighted by atomic mass is 16.5. The van der Waals surface area contributed by atoms with Gasteiger partial charge in [-0.25, -0.2) is 0 Å². The van der Waals surface area contributed by atoms with Gasteiger partial charge >= 0.3 is 0 Å². The topological polar surface area (TPSA) is 68.5 Å². The van der Waals surface area contributed by atoms with Gasteiger partial charge in [-0.1, -0.05) is 6.07 Å². The molecule has 6 heteroatoms. The van der Waals surface area contributed by atoms with E-state index in [9.17, 15) is 5.11 Å². The van der Waals surface area contributed by atoms with Gasteiger partial charge in [-0.05, 0) is 12.1 Å². The Balaban J connectivity index is 1.75. The fourth-order valence-electron chi connectivity index (χ4n) is 1.67. The lowest BCUT2D eigenvalue weighted by atomic mass is 10.3. The first-order valence-electron chi connectivity index (χ1n) is 6.36. The zero-order valence-corrected chi connectivity index (χ0v) is 11.6. The number of benzene rings is 1. The van der Waals surface area contributed by atoms with Crippen LogP contribution in [0.2, 0.25) is 0 Å². The van der Waals surface area contributed by atoms with Crippen molar-refractivity contribution >= 4 is 5.82 Å². The molecule has 0 saturated carbocycles. The van der Waals surface area contributed by atoms with Crippen LogP contribution in [0, 0.1) is 0 Å². The van der Waals surface area contributed by atoms with Crippen molar-refractivity contribution in [3.8, 4) is 11.5 Å². The van der Waals surface area contributed by atoms with E-state index in [0.29, 0.717) is 12.3 Å². The highest BCUT2D eigenvalue weighted by Gasteiger charge is 2.06. The average Bonchev–Trinajstić information content (AvgIpc) is 2.89. The maximum atomic E-state index is 9.85. The highest BCUT2D eigenvalue weighted by molar-refractivity contribution is 5.33. The van der Waals surface area contributed by atoms with Crippen LogP contribution < -0.4 is 14.8 Å². The van der Waals surface area contributed by atoms with Gasteiger partial charge in [0.05, 0.1) is 7.11 Å². The molecule has 0 saturated heterocycles. The zero-order valence-electron chi connectivity index (χ0n) is 11.6. The minimum atomic E-state index is -0.622. The van der Waals surface area contributed by atoms with Gasteiger partial charge in [-0.2, -0.15) is 5.10 Å². The van der Waals surface area contributed by atoms with Crippen LogP contribution >= 0.6 is 0 Å². The summed E-state index contributed by atoms with van der Waals surface area (Å²) in [7, 11) is 3.44. The Kier molecular flexibility index (Phi) is 4.84. The maximum absolute atomic E-state index is 9.85. The van der Waals surface area contributed by atoms with Crippen LogP contribution in [0.5, 0.6) is 11.5 Å².